The van der Waals surface area contributed by atoms with E-state index < -0.39 is 0 Å². The average Bonchev–Trinajstić information content (AvgIpc) is 2.29. The number of H-pyrrole nitrogens is 1. The Morgan fingerprint density at radius 3 is 2.94 bits per heavy atom. The molecule has 3 N–H and O–H groups in total. The summed E-state index contributed by atoms with van der Waals surface area (Å²) in [7, 11) is 0. The largest absolute Gasteiger partial charge is 0.434 e. The van der Waals surface area contributed by atoms with Gasteiger partial charge < -0.3 is 15.5 Å². The Hall–Kier alpha value is -1.28. The van der Waals surface area contributed by atoms with Gasteiger partial charge in [0.1, 0.15) is 3.57 Å². The molecule has 1 aromatic carbocycles. The van der Waals surface area contributed by atoms with E-state index in [1.165, 1.54) is 6.33 Å². The van der Waals surface area contributed by atoms with E-state index in [2.05, 4.69) is 9.97 Å². The highest BCUT2D eigenvalue weighted by Gasteiger charge is 2.12. The van der Waals surface area contributed by atoms with Crippen LogP contribution in [0.2, 0.25) is 5.02 Å². The number of anilines is 1. The highest BCUT2D eigenvalue weighted by molar-refractivity contribution is 14.1. The Morgan fingerprint density at radius 1 is 1.47 bits per heavy atom. The molecule has 0 saturated heterocycles. The summed E-state index contributed by atoms with van der Waals surface area (Å²) >= 11 is 7.79. The lowest BCUT2D eigenvalue weighted by Crippen LogP contribution is -2.11. The van der Waals surface area contributed by atoms with Crippen LogP contribution in [0.15, 0.2) is 29.3 Å². The van der Waals surface area contributed by atoms with E-state index in [0.717, 1.165) is 0 Å². The van der Waals surface area contributed by atoms with Crippen LogP contribution in [0, 0.1) is 3.57 Å². The summed E-state index contributed by atoms with van der Waals surface area (Å²) in [5.74, 6) is 0.472. The molecule has 7 heteroatoms. The van der Waals surface area contributed by atoms with Crippen LogP contribution in [0.5, 0.6) is 11.6 Å². The van der Waals surface area contributed by atoms with Gasteiger partial charge in [-0.2, -0.15) is 0 Å². The van der Waals surface area contributed by atoms with E-state index in [4.69, 9.17) is 22.1 Å². The van der Waals surface area contributed by atoms with Crippen molar-refractivity contribution >= 4 is 39.9 Å². The number of ether oxygens (including phenoxy) is 1. The minimum atomic E-state index is -0.277. The minimum absolute atomic E-state index is 0.175. The zero-order valence-electron chi connectivity index (χ0n) is 8.41. The van der Waals surface area contributed by atoms with E-state index in [-0.39, 0.29) is 11.4 Å². The summed E-state index contributed by atoms with van der Waals surface area (Å²) in [4.78, 5) is 17.7. The third kappa shape index (κ3) is 2.52. The van der Waals surface area contributed by atoms with Crippen LogP contribution < -0.4 is 16.0 Å². The lowest BCUT2D eigenvalue weighted by molar-refractivity contribution is 0.459. The van der Waals surface area contributed by atoms with Crippen molar-refractivity contribution in [1.82, 2.24) is 9.97 Å². The molecule has 0 spiro atoms. The van der Waals surface area contributed by atoms with Crippen molar-refractivity contribution in [3.63, 3.8) is 0 Å². The summed E-state index contributed by atoms with van der Waals surface area (Å²) in [5, 5.41) is 0.364. The molecule has 0 aliphatic heterocycles. The van der Waals surface area contributed by atoms with Crippen molar-refractivity contribution in [2.45, 2.75) is 0 Å². The molecule has 88 valence electrons. The molecule has 0 fully saturated rings. The average molecular weight is 364 g/mol. The topological polar surface area (TPSA) is 81.0 Å². The van der Waals surface area contributed by atoms with Crippen molar-refractivity contribution < 1.29 is 4.74 Å². The summed E-state index contributed by atoms with van der Waals surface area (Å²) in [6, 6.07) is 5.01. The molecule has 0 bridgehead atoms. The summed E-state index contributed by atoms with van der Waals surface area (Å²) in [6.07, 6.45) is 1.26. The Labute approximate surface area is 115 Å². The number of nitrogens with two attached hydrogens (primary N) is 1. The van der Waals surface area contributed by atoms with Crippen LogP contribution >= 0.6 is 34.2 Å². The van der Waals surface area contributed by atoms with Gasteiger partial charge in [-0.15, -0.1) is 0 Å². The molecule has 0 aliphatic rings. The first-order chi connectivity index (χ1) is 8.09. The summed E-state index contributed by atoms with van der Waals surface area (Å²) in [6.45, 7) is 0. The number of rotatable bonds is 2. The molecule has 5 nitrogen and oxygen atoms in total. The van der Waals surface area contributed by atoms with Crippen molar-refractivity contribution in [1.29, 1.82) is 0 Å². The van der Waals surface area contributed by atoms with Gasteiger partial charge in [0.2, 0.25) is 5.88 Å². The van der Waals surface area contributed by atoms with Gasteiger partial charge >= 0.3 is 0 Å². The van der Waals surface area contributed by atoms with Gasteiger partial charge in [0.25, 0.3) is 5.56 Å². The molecule has 0 atom stereocenters. The second-order valence-corrected chi connectivity index (χ2v) is 4.60. The molecular weight excluding hydrogens is 356 g/mol. The van der Waals surface area contributed by atoms with Crippen molar-refractivity contribution in [3.05, 3.63) is 43.5 Å². The predicted molar refractivity (Wildman–Crippen MR) is 73.5 cm³/mol. The monoisotopic (exact) mass is 363 g/mol. The van der Waals surface area contributed by atoms with Gasteiger partial charge in [-0.1, -0.05) is 17.7 Å². The van der Waals surface area contributed by atoms with Crippen LogP contribution in [0.4, 0.5) is 5.69 Å². The maximum Gasteiger partial charge on any atom is 0.268 e. The van der Waals surface area contributed by atoms with E-state index in [0.29, 0.717) is 20.0 Å². The van der Waals surface area contributed by atoms with E-state index in [9.17, 15) is 4.79 Å². The first-order valence-corrected chi connectivity index (χ1v) is 6.00. The Kier molecular flexibility index (Phi) is 3.53. The SMILES string of the molecule is Nc1cccc(Cl)c1Oc1nc[nH]c(=O)c1I. The maximum absolute atomic E-state index is 11.4. The number of benzene rings is 1. The number of aromatic amines is 1. The van der Waals surface area contributed by atoms with Gasteiger partial charge in [0.05, 0.1) is 17.0 Å². The number of nitrogen functional groups attached to an aromatic ring is 1. The summed E-state index contributed by atoms with van der Waals surface area (Å²) < 4.78 is 5.79. The predicted octanol–water partition coefficient (Wildman–Crippen LogP) is 2.40. The van der Waals surface area contributed by atoms with Crippen LogP contribution in [0.3, 0.4) is 0 Å². The quantitative estimate of drug-likeness (QED) is 0.634. The Morgan fingerprint density at radius 2 is 2.24 bits per heavy atom. The summed E-state index contributed by atoms with van der Waals surface area (Å²) in [5.41, 5.74) is 5.84. The number of nitrogens with zero attached hydrogens (tertiary/aromatic N) is 1. The van der Waals surface area contributed by atoms with Crippen molar-refractivity contribution in [3.8, 4) is 11.6 Å². The molecule has 1 aromatic heterocycles. The second kappa shape index (κ2) is 4.92. The number of para-hydroxylation sites is 1. The van der Waals surface area contributed by atoms with Gasteiger partial charge in [-0.3, -0.25) is 4.79 Å². The van der Waals surface area contributed by atoms with E-state index >= 15 is 0 Å². The fourth-order valence-electron chi connectivity index (χ4n) is 1.17. The van der Waals surface area contributed by atoms with E-state index in [1.54, 1.807) is 18.2 Å². The standard InChI is InChI=1S/C10H7ClIN3O2/c11-5-2-1-3-6(13)8(5)17-10-7(12)9(16)14-4-15-10/h1-4H,13H2,(H,14,15,16). The van der Waals surface area contributed by atoms with Crippen LogP contribution in [0.25, 0.3) is 0 Å². The number of hydrogen-bond donors (Lipinski definition) is 2. The number of aromatic nitrogens is 2. The smallest absolute Gasteiger partial charge is 0.268 e. The maximum atomic E-state index is 11.4. The van der Waals surface area contributed by atoms with Crippen LogP contribution in [-0.4, -0.2) is 9.97 Å². The first kappa shape index (κ1) is 12.2. The van der Waals surface area contributed by atoms with Crippen molar-refractivity contribution in [2.24, 2.45) is 0 Å². The second-order valence-electron chi connectivity index (χ2n) is 3.11. The van der Waals surface area contributed by atoms with Crippen molar-refractivity contribution in [2.75, 3.05) is 5.73 Å². The molecule has 2 rings (SSSR count). The molecule has 2 aromatic rings. The lowest BCUT2D eigenvalue weighted by Gasteiger charge is -2.09. The molecule has 0 aliphatic carbocycles. The Bertz CT molecular complexity index is 594. The first-order valence-electron chi connectivity index (χ1n) is 4.54. The molecule has 0 radical (unpaired) electrons. The molecule has 1 heterocycles. The molecular formula is C10H7ClIN3O2. The zero-order valence-corrected chi connectivity index (χ0v) is 11.3. The van der Waals surface area contributed by atoms with Gasteiger partial charge in [0.15, 0.2) is 5.75 Å². The number of nitrogens with one attached hydrogen (secondary N) is 1. The fourth-order valence-corrected chi connectivity index (χ4v) is 1.79. The third-order valence-corrected chi connectivity index (χ3v) is 3.21. The number of hydrogen-bond acceptors (Lipinski definition) is 4. The van der Waals surface area contributed by atoms with Gasteiger partial charge in [0, 0.05) is 0 Å². The lowest BCUT2D eigenvalue weighted by atomic mass is 10.3. The normalized spacial score (nSPS) is 10.2. The zero-order chi connectivity index (χ0) is 12.4. The fraction of sp³-hybridized carbons (Fsp3) is 0. The third-order valence-electron chi connectivity index (χ3n) is 1.96. The Balaban J connectivity index is 2.45. The molecule has 17 heavy (non-hydrogen) atoms. The van der Waals surface area contributed by atoms with Gasteiger partial charge in [-0.05, 0) is 34.7 Å². The molecule has 0 saturated carbocycles. The molecule has 0 unspecified atom stereocenters. The van der Waals surface area contributed by atoms with E-state index in [1.807, 2.05) is 22.6 Å². The van der Waals surface area contributed by atoms with Crippen LogP contribution in [0.1, 0.15) is 0 Å². The van der Waals surface area contributed by atoms with Gasteiger partial charge in [-0.25, -0.2) is 4.98 Å². The minimum Gasteiger partial charge on any atom is -0.434 e. The highest BCUT2D eigenvalue weighted by Crippen LogP contribution is 2.34. The highest BCUT2D eigenvalue weighted by atomic mass is 127. The van der Waals surface area contributed by atoms with Crippen LogP contribution in [-0.2, 0) is 0 Å². The number of halogens is 2. The molecule has 0 amide bonds.